The molecular formula is C26H37BrN2O5. The van der Waals surface area contributed by atoms with Gasteiger partial charge in [0.2, 0.25) is 11.8 Å². The minimum atomic E-state index is -0.308. The number of piperidine rings is 2. The lowest BCUT2D eigenvalue weighted by Gasteiger charge is -2.40. The number of rotatable bonds is 8. The van der Waals surface area contributed by atoms with Gasteiger partial charge in [0, 0.05) is 38.5 Å². The molecule has 8 heteroatoms. The fourth-order valence-electron chi connectivity index (χ4n) is 5.24. The van der Waals surface area contributed by atoms with Crippen LogP contribution in [0.2, 0.25) is 0 Å². The van der Waals surface area contributed by atoms with Gasteiger partial charge in [-0.25, -0.2) is 0 Å². The van der Waals surface area contributed by atoms with E-state index in [0.29, 0.717) is 29.3 Å². The van der Waals surface area contributed by atoms with Gasteiger partial charge in [-0.1, -0.05) is 13.0 Å². The number of halogens is 1. The Labute approximate surface area is 210 Å². The number of ether oxygens (including phenoxy) is 1. The monoisotopic (exact) mass is 536 g/mol. The van der Waals surface area contributed by atoms with Crippen LogP contribution in [0.5, 0.6) is 5.75 Å². The van der Waals surface area contributed by atoms with Crippen molar-refractivity contribution < 1.29 is 24.2 Å². The molecule has 0 aliphatic carbocycles. The summed E-state index contributed by atoms with van der Waals surface area (Å²) in [5, 5.41) is 9.67. The summed E-state index contributed by atoms with van der Waals surface area (Å²) in [5.41, 5.74) is 1.03. The van der Waals surface area contributed by atoms with Gasteiger partial charge in [0.05, 0.1) is 17.5 Å². The number of phenolic OH excluding ortho intramolecular Hbond substituents is 1. The largest absolute Gasteiger partial charge is 0.507 e. The number of phenols is 1. The lowest BCUT2D eigenvalue weighted by atomic mass is 9.78. The van der Waals surface area contributed by atoms with Crippen molar-refractivity contribution >= 4 is 33.7 Å². The zero-order valence-corrected chi connectivity index (χ0v) is 21.9. The van der Waals surface area contributed by atoms with Gasteiger partial charge in [0.15, 0.2) is 0 Å². The molecule has 188 valence electrons. The molecule has 7 nitrogen and oxygen atoms in total. The second-order valence-electron chi connectivity index (χ2n) is 9.58. The van der Waals surface area contributed by atoms with E-state index in [1.807, 2.05) is 28.9 Å². The van der Waals surface area contributed by atoms with Crippen LogP contribution in [0.4, 0.5) is 0 Å². The van der Waals surface area contributed by atoms with Crippen molar-refractivity contribution in [2.24, 2.45) is 17.8 Å². The second-order valence-corrected chi connectivity index (χ2v) is 10.4. The zero-order chi connectivity index (χ0) is 24.7. The first-order chi connectivity index (χ1) is 16.3. The van der Waals surface area contributed by atoms with Crippen LogP contribution in [0.1, 0.15) is 57.9 Å². The van der Waals surface area contributed by atoms with E-state index in [1.165, 1.54) is 0 Å². The lowest BCUT2D eigenvalue weighted by Crippen LogP contribution is -2.45. The van der Waals surface area contributed by atoms with Crippen molar-refractivity contribution in [2.45, 2.75) is 58.8 Å². The predicted octanol–water partition coefficient (Wildman–Crippen LogP) is 4.15. The highest BCUT2D eigenvalue weighted by atomic mass is 79.9. The molecule has 2 aliphatic heterocycles. The third-order valence-corrected chi connectivity index (χ3v) is 7.87. The van der Waals surface area contributed by atoms with Crippen LogP contribution in [0.15, 0.2) is 22.7 Å². The maximum atomic E-state index is 13.0. The van der Waals surface area contributed by atoms with Crippen molar-refractivity contribution in [3.05, 3.63) is 28.2 Å². The summed E-state index contributed by atoms with van der Waals surface area (Å²) in [6.07, 6.45) is 5.06. The smallest absolute Gasteiger partial charge is 0.306 e. The Morgan fingerprint density at radius 1 is 1.03 bits per heavy atom. The standard InChI is InChI=1S/C26H37BrN2O5/c1-3-34-25(32)7-6-24(31)28-12-8-20(9-13-28)21-10-14-29(15-11-21)26(33)18(2)16-19-4-5-23(30)22(27)17-19/h4-5,17-18,20-21,30H,3,6-16H2,1-2H3/t18-/m1/s1. The summed E-state index contributed by atoms with van der Waals surface area (Å²) in [6, 6.07) is 5.39. The summed E-state index contributed by atoms with van der Waals surface area (Å²) in [4.78, 5) is 40.8. The van der Waals surface area contributed by atoms with E-state index in [2.05, 4.69) is 15.9 Å². The average Bonchev–Trinajstić information content (AvgIpc) is 2.84. The first-order valence-corrected chi connectivity index (χ1v) is 13.3. The van der Waals surface area contributed by atoms with Crippen LogP contribution in [-0.4, -0.2) is 65.5 Å². The maximum absolute atomic E-state index is 13.0. The molecule has 3 rings (SSSR count). The highest BCUT2D eigenvalue weighted by molar-refractivity contribution is 9.10. The molecular weight excluding hydrogens is 500 g/mol. The van der Waals surface area contributed by atoms with Crippen LogP contribution in [-0.2, 0) is 25.5 Å². The molecule has 2 fully saturated rings. The molecule has 1 aromatic rings. The van der Waals surface area contributed by atoms with Crippen molar-refractivity contribution in [3.8, 4) is 5.75 Å². The van der Waals surface area contributed by atoms with Crippen molar-refractivity contribution in [1.29, 1.82) is 0 Å². The third kappa shape index (κ3) is 7.20. The number of aromatic hydroxyl groups is 1. The van der Waals surface area contributed by atoms with Gasteiger partial charge < -0.3 is 19.6 Å². The van der Waals surface area contributed by atoms with Gasteiger partial charge in [0.25, 0.3) is 0 Å². The molecule has 1 atom stereocenters. The first-order valence-electron chi connectivity index (χ1n) is 12.5. The molecule has 2 aliphatic rings. The maximum Gasteiger partial charge on any atom is 0.306 e. The van der Waals surface area contributed by atoms with E-state index in [0.717, 1.165) is 57.4 Å². The number of hydrogen-bond donors (Lipinski definition) is 1. The molecule has 2 saturated heterocycles. The molecule has 34 heavy (non-hydrogen) atoms. The zero-order valence-electron chi connectivity index (χ0n) is 20.3. The summed E-state index contributed by atoms with van der Waals surface area (Å²) in [7, 11) is 0. The molecule has 0 unspecified atom stereocenters. The SMILES string of the molecule is CCOC(=O)CCC(=O)N1CCC(C2CCN(C(=O)[C@H](C)Cc3ccc(O)c(Br)c3)CC2)CC1. The van der Waals surface area contributed by atoms with Gasteiger partial charge >= 0.3 is 5.97 Å². The number of nitrogens with zero attached hydrogens (tertiary/aromatic N) is 2. The van der Waals surface area contributed by atoms with Crippen LogP contribution >= 0.6 is 15.9 Å². The molecule has 0 spiro atoms. The Hall–Kier alpha value is -2.09. The number of amides is 2. The van der Waals surface area contributed by atoms with E-state index in [4.69, 9.17) is 4.74 Å². The van der Waals surface area contributed by atoms with Crippen LogP contribution in [0.25, 0.3) is 0 Å². The van der Waals surface area contributed by atoms with E-state index in [1.54, 1.807) is 13.0 Å². The molecule has 0 radical (unpaired) electrons. The molecule has 1 aromatic carbocycles. The first kappa shape index (κ1) is 26.5. The number of likely N-dealkylation sites (tertiary alicyclic amines) is 2. The molecule has 0 bridgehead atoms. The highest BCUT2D eigenvalue weighted by Gasteiger charge is 2.33. The fourth-order valence-corrected chi connectivity index (χ4v) is 5.67. The molecule has 0 aromatic heterocycles. The molecule has 2 amide bonds. The fraction of sp³-hybridized carbons (Fsp3) is 0.654. The summed E-state index contributed by atoms with van der Waals surface area (Å²) in [6.45, 7) is 7.19. The second kappa shape index (κ2) is 12.6. The predicted molar refractivity (Wildman–Crippen MR) is 133 cm³/mol. The van der Waals surface area contributed by atoms with E-state index < -0.39 is 0 Å². The normalized spacial score (nSPS) is 18.6. The average molecular weight is 537 g/mol. The van der Waals surface area contributed by atoms with Crippen molar-refractivity contribution in [3.63, 3.8) is 0 Å². The lowest BCUT2D eigenvalue weighted by molar-refractivity contribution is -0.146. The van der Waals surface area contributed by atoms with Crippen LogP contribution in [0.3, 0.4) is 0 Å². The number of hydrogen-bond acceptors (Lipinski definition) is 5. The van der Waals surface area contributed by atoms with Crippen molar-refractivity contribution in [2.75, 3.05) is 32.8 Å². The van der Waals surface area contributed by atoms with Crippen LogP contribution in [0, 0.1) is 17.8 Å². The highest BCUT2D eigenvalue weighted by Crippen LogP contribution is 2.33. The van der Waals surface area contributed by atoms with Gasteiger partial charge in [-0.15, -0.1) is 0 Å². The van der Waals surface area contributed by atoms with Gasteiger partial charge in [0.1, 0.15) is 5.75 Å². The summed E-state index contributed by atoms with van der Waals surface area (Å²) >= 11 is 3.34. The number of esters is 1. The minimum Gasteiger partial charge on any atom is -0.507 e. The van der Waals surface area contributed by atoms with E-state index >= 15 is 0 Å². The summed E-state index contributed by atoms with van der Waals surface area (Å²) < 4.78 is 5.56. The van der Waals surface area contributed by atoms with Gasteiger partial charge in [-0.05, 0) is 84.5 Å². The third-order valence-electron chi connectivity index (χ3n) is 7.23. The number of benzene rings is 1. The molecule has 2 heterocycles. The van der Waals surface area contributed by atoms with Crippen LogP contribution < -0.4 is 0 Å². The molecule has 0 saturated carbocycles. The van der Waals surface area contributed by atoms with Gasteiger partial charge in [-0.3, -0.25) is 14.4 Å². The van der Waals surface area contributed by atoms with Gasteiger partial charge in [-0.2, -0.15) is 0 Å². The van der Waals surface area contributed by atoms with E-state index in [-0.39, 0.29) is 42.3 Å². The topological polar surface area (TPSA) is 87.2 Å². The minimum absolute atomic E-state index is 0.0431. The Morgan fingerprint density at radius 3 is 2.18 bits per heavy atom. The number of carbonyl (C=O) groups excluding carboxylic acids is 3. The Kier molecular flexibility index (Phi) is 9.80. The van der Waals surface area contributed by atoms with Crippen molar-refractivity contribution in [1.82, 2.24) is 9.80 Å². The Balaban J connectivity index is 1.39. The Morgan fingerprint density at radius 2 is 1.62 bits per heavy atom. The molecule has 1 N–H and O–H groups in total. The van der Waals surface area contributed by atoms with E-state index in [9.17, 15) is 19.5 Å². The number of carbonyl (C=O) groups is 3. The Bertz CT molecular complexity index is 861. The quantitative estimate of drug-likeness (QED) is 0.504. The summed E-state index contributed by atoms with van der Waals surface area (Å²) in [5.74, 6) is 1.24.